The van der Waals surface area contributed by atoms with Crippen molar-refractivity contribution in [3.63, 3.8) is 0 Å². The normalized spacial score (nSPS) is 11.8. The standard InChI is InChI=1S/C15H20N2O3S/c1-3-21(19,20)7-6-17-10-14(9-16-17)15-5-4-12(2)8-13(15)11-18/h4-5,8-10,18H,3,6-7,11H2,1-2H3. The highest BCUT2D eigenvalue weighted by molar-refractivity contribution is 7.91. The van der Waals surface area contributed by atoms with Gasteiger partial charge in [0.1, 0.15) is 0 Å². The number of nitrogens with zero attached hydrogens (tertiary/aromatic N) is 2. The molecule has 1 N–H and O–H groups in total. The molecule has 0 amide bonds. The number of aliphatic hydroxyl groups excluding tert-OH is 1. The minimum Gasteiger partial charge on any atom is -0.392 e. The van der Waals surface area contributed by atoms with Crippen molar-refractivity contribution in [2.45, 2.75) is 27.0 Å². The fraction of sp³-hybridized carbons (Fsp3) is 0.400. The Morgan fingerprint density at radius 1 is 1.33 bits per heavy atom. The summed E-state index contributed by atoms with van der Waals surface area (Å²) in [5.74, 6) is 0.235. The van der Waals surface area contributed by atoms with Gasteiger partial charge < -0.3 is 5.11 Å². The first-order valence-electron chi connectivity index (χ1n) is 6.89. The smallest absolute Gasteiger partial charge is 0.151 e. The number of aryl methyl sites for hydroxylation is 2. The lowest BCUT2D eigenvalue weighted by Gasteiger charge is -2.06. The molecular weight excluding hydrogens is 288 g/mol. The Kier molecular flexibility index (Phi) is 4.80. The zero-order valence-electron chi connectivity index (χ0n) is 12.3. The Labute approximate surface area is 125 Å². The fourth-order valence-electron chi connectivity index (χ4n) is 2.14. The van der Waals surface area contributed by atoms with Gasteiger partial charge in [-0.1, -0.05) is 30.7 Å². The van der Waals surface area contributed by atoms with Crippen molar-refractivity contribution >= 4 is 9.84 Å². The maximum Gasteiger partial charge on any atom is 0.151 e. The molecule has 1 aromatic carbocycles. The molecule has 1 heterocycles. The van der Waals surface area contributed by atoms with E-state index >= 15 is 0 Å². The van der Waals surface area contributed by atoms with E-state index in [0.29, 0.717) is 6.54 Å². The van der Waals surface area contributed by atoms with Gasteiger partial charge in [0.25, 0.3) is 0 Å². The topological polar surface area (TPSA) is 72.2 Å². The lowest BCUT2D eigenvalue weighted by molar-refractivity contribution is 0.282. The van der Waals surface area contributed by atoms with Gasteiger partial charge in [-0.05, 0) is 18.1 Å². The van der Waals surface area contributed by atoms with Crippen LogP contribution in [0.15, 0.2) is 30.6 Å². The lowest BCUT2D eigenvalue weighted by atomic mass is 10.0. The van der Waals surface area contributed by atoms with E-state index in [1.165, 1.54) is 0 Å². The Morgan fingerprint density at radius 2 is 2.10 bits per heavy atom. The SMILES string of the molecule is CCS(=O)(=O)CCn1cc(-c2ccc(C)cc2CO)cn1. The van der Waals surface area contributed by atoms with E-state index in [1.807, 2.05) is 31.3 Å². The summed E-state index contributed by atoms with van der Waals surface area (Å²) < 4.78 is 24.7. The highest BCUT2D eigenvalue weighted by Gasteiger charge is 2.10. The van der Waals surface area contributed by atoms with Gasteiger partial charge in [0.05, 0.1) is 25.1 Å². The second-order valence-corrected chi connectivity index (χ2v) is 7.52. The number of hydrogen-bond donors (Lipinski definition) is 1. The molecule has 0 fully saturated rings. The first kappa shape index (κ1) is 15.7. The molecule has 0 atom stereocenters. The average molecular weight is 308 g/mol. The van der Waals surface area contributed by atoms with E-state index in [2.05, 4.69) is 5.10 Å². The van der Waals surface area contributed by atoms with Crippen LogP contribution >= 0.6 is 0 Å². The fourth-order valence-corrected chi connectivity index (χ4v) is 2.89. The molecular formula is C15H20N2O3S. The number of rotatable bonds is 6. The van der Waals surface area contributed by atoms with Crippen LogP contribution in [0.1, 0.15) is 18.1 Å². The van der Waals surface area contributed by atoms with E-state index in [1.54, 1.807) is 17.8 Å². The third kappa shape index (κ3) is 3.92. The van der Waals surface area contributed by atoms with E-state index in [4.69, 9.17) is 0 Å². The zero-order valence-corrected chi connectivity index (χ0v) is 13.1. The monoisotopic (exact) mass is 308 g/mol. The summed E-state index contributed by atoms with van der Waals surface area (Å²) in [6, 6.07) is 5.87. The van der Waals surface area contributed by atoms with E-state index in [0.717, 1.165) is 22.3 Å². The van der Waals surface area contributed by atoms with Crippen LogP contribution in [0.4, 0.5) is 0 Å². The van der Waals surface area contributed by atoms with Gasteiger partial charge >= 0.3 is 0 Å². The predicted octanol–water partition coefficient (Wildman–Crippen LogP) is 1.79. The summed E-state index contributed by atoms with van der Waals surface area (Å²) in [7, 11) is -2.99. The molecule has 0 aliphatic heterocycles. The van der Waals surface area contributed by atoms with Crippen molar-refractivity contribution in [2.24, 2.45) is 0 Å². The maximum absolute atomic E-state index is 11.5. The summed E-state index contributed by atoms with van der Waals surface area (Å²) in [6.45, 7) is 3.93. The van der Waals surface area contributed by atoms with Gasteiger partial charge in [-0.25, -0.2) is 8.42 Å². The summed E-state index contributed by atoms with van der Waals surface area (Å²) in [5, 5.41) is 13.6. The second kappa shape index (κ2) is 6.41. The third-order valence-corrected chi connectivity index (χ3v) is 5.13. The van der Waals surface area contributed by atoms with Crippen molar-refractivity contribution < 1.29 is 13.5 Å². The molecule has 6 heteroatoms. The number of benzene rings is 1. The molecule has 0 unspecified atom stereocenters. The van der Waals surface area contributed by atoms with Crippen LogP contribution < -0.4 is 0 Å². The molecule has 0 aliphatic rings. The van der Waals surface area contributed by atoms with Crippen molar-refractivity contribution in [3.8, 4) is 11.1 Å². The maximum atomic E-state index is 11.5. The van der Waals surface area contributed by atoms with Crippen molar-refractivity contribution in [2.75, 3.05) is 11.5 Å². The van der Waals surface area contributed by atoms with Crippen LogP contribution in [0.2, 0.25) is 0 Å². The van der Waals surface area contributed by atoms with Gasteiger partial charge in [0, 0.05) is 17.5 Å². The van der Waals surface area contributed by atoms with Crippen molar-refractivity contribution in [3.05, 3.63) is 41.7 Å². The Balaban J connectivity index is 2.20. The Morgan fingerprint density at radius 3 is 2.76 bits per heavy atom. The summed E-state index contributed by atoms with van der Waals surface area (Å²) >= 11 is 0. The number of aliphatic hydroxyl groups is 1. The van der Waals surface area contributed by atoms with Gasteiger partial charge in [0.2, 0.25) is 0 Å². The van der Waals surface area contributed by atoms with Crippen LogP contribution in [0.3, 0.4) is 0 Å². The van der Waals surface area contributed by atoms with Gasteiger partial charge in [-0.3, -0.25) is 4.68 Å². The molecule has 0 saturated carbocycles. The second-order valence-electron chi connectivity index (χ2n) is 5.05. The first-order valence-corrected chi connectivity index (χ1v) is 8.71. The molecule has 5 nitrogen and oxygen atoms in total. The predicted molar refractivity (Wildman–Crippen MR) is 82.7 cm³/mol. The first-order chi connectivity index (χ1) is 9.95. The molecule has 0 saturated heterocycles. The van der Waals surface area contributed by atoms with Crippen LogP contribution in [0, 0.1) is 6.92 Å². The highest BCUT2D eigenvalue weighted by Crippen LogP contribution is 2.24. The molecule has 21 heavy (non-hydrogen) atoms. The van der Waals surface area contributed by atoms with E-state index in [-0.39, 0.29) is 18.1 Å². The third-order valence-electron chi connectivity index (χ3n) is 3.45. The van der Waals surface area contributed by atoms with Crippen LogP contribution in [0.25, 0.3) is 11.1 Å². The summed E-state index contributed by atoms with van der Waals surface area (Å²) in [5.41, 5.74) is 3.74. The molecule has 0 bridgehead atoms. The number of sulfone groups is 1. The van der Waals surface area contributed by atoms with Gasteiger partial charge in [-0.15, -0.1) is 0 Å². The zero-order chi connectivity index (χ0) is 15.5. The molecule has 0 spiro atoms. The molecule has 0 radical (unpaired) electrons. The lowest BCUT2D eigenvalue weighted by Crippen LogP contribution is -2.14. The number of hydrogen-bond acceptors (Lipinski definition) is 4. The quantitative estimate of drug-likeness (QED) is 0.883. The molecule has 0 aliphatic carbocycles. The van der Waals surface area contributed by atoms with Crippen molar-refractivity contribution in [1.82, 2.24) is 9.78 Å². The largest absolute Gasteiger partial charge is 0.392 e. The summed E-state index contributed by atoms with van der Waals surface area (Å²) in [4.78, 5) is 0. The Hall–Kier alpha value is -1.66. The minimum atomic E-state index is -2.99. The van der Waals surface area contributed by atoms with Gasteiger partial charge in [-0.2, -0.15) is 5.10 Å². The van der Waals surface area contributed by atoms with Crippen LogP contribution in [0.5, 0.6) is 0 Å². The number of aromatic nitrogens is 2. The highest BCUT2D eigenvalue weighted by atomic mass is 32.2. The summed E-state index contributed by atoms with van der Waals surface area (Å²) in [6.07, 6.45) is 3.51. The van der Waals surface area contributed by atoms with Crippen LogP contribution in [-0.4, -0.2) is 34.8 Å². The van der Waals surface area contributed by atoms with Gasteiger partial charge in [0.15, 0.2) is 9.84 Å². The molecule has 2 rings (SSSR count). The molecule has 1 aromatic heterocycles. The van der Waals surface area contributed by atoms with Crippen LogP contribution in [-0.2, 0) is 23.0 Å². The van der Waals surface area contributed by atoms with E-state index in [9.17, 15) is 13.5 Å². The average Bonchev–Trinajstić information content (AvgIpc) is 2.94. The minimum absolute atomic E-state index is 0.0353. The molecule has 2 aromatic rings. The van der Waals surface area contributed by atoms with Crippen molar-refractivity contribution in [1.29, 1.82) is 0 Å². The van der Waals surface area contributed by atoms with E-state index < -0.39 is 9.84 Å². The molecule has 114 valence electrons. The Bertz CT molecular complexity index is 720.